The molecule has 0 aromatic heterocycles. The zero-order valence-corrected chi connectivity index (χ0v) is 21.1. The van der Waals surface area contributed by atoms with E-state index in [1.807, 2.05) is 0 Å². The topological polar surface area (TPSA) is 48.0 Å². The molecule has 5 heteroatoms. The average molecular weight is 456 g/mol. The molecular formula is C28H41NO4. The molecule has 0 aliphatic heterocycles. The van der Waals surface area contributed by atoms with Gasteiger partial charge < -0.3 is 14.2 Å². The van der Waals surface area contributed by atoms with Crippen LogP contribution in [0.25, 0.3) is 0 Å². The normalized spacial score (nSPS) is 27.2. The third-order valence-corrected chi connectivity index (χ3v) is 8.51. The highest BCUT2D eigenvalue weighted by atomic mass is 16.5. The van der Waals surface area contributed by atoms with Crippen molar-refractivity contribution in [3.05, 3.63) is 35.1 Å². The highest BCUT2D eigenvalue weighted by Gasteiger charge is 2.54. The van der Waals surface area contributed by atoms with E-state index in [0.717, 1.165) is 37.2 Å². The van der Waals surface area contributed by atoms with E-state index >= 15 is 0 Å². The molecule has 0 radical (unpaired) electrons. The molecule has 0 N–H and O–H groups in total. The van der Waals surface area contributed by atoms with Gasteiger partial charge in [-0.3, -0.25) is 9.69 Å². The SMILES string of the molecule is CCCCOc1c(OC)ccc2c1[C@]1(CC)CC(=O)C(OC)=CC1[C@@H](N(C)C1CCCC1)C2. The van der Waals surface area contributed by atoms with Gasteiger partial charge in [0, 0.05) is 35.4 Å². The molecule has 5 nitrogen and oxygen atoms in total. The largest absolute Gasteiger partial charge is 0.493 e. The van der Waals surface area contributed by atoms with Crippen LogP contribution in [0.3, 0.4) is 0 Å². The smallest absolute Gasteiger partial charge is 0.197 e. The number of methoxy groups -OCH3 is 2. The Morgan fingerprint density at radius 1 is 1.12 bits per heavy atom. The van der Waals surface area contributed by atoms with Crippen LogP contribution in [0.4, 0.5) is 0 Å². The van der Waals surface area contributed by atoms with Crippen molar-refractivity contribution in [2.75, 3.05) is 27.9 Å². The summed E-state index contributed by atoms with van der Waals surface area (Å²) in [5, 5.41) is 0. The zero-order chi connectivity index (χ0) is 23.6. The van der Waals surface area contributed by atoms with Crippen molar-refractivity contribution in [1.82, 2.24) is 4.90 Å². The fourth-order valence-corrected chi connectivity index (χ4v) is 6.64. The lowest BCUT2D eigenvalue weighted by Gasteiger charge is -2.53. The van der Waals surface area contributed by atoms with Gasteiger partial charge in [0.1, 0.15) is 0 Å². The Kier molecular flexibility index (Phi) is 7.37. The molecule has 0 saturated heterocycles. The number of fused-ring (bicyclic) bond motifs is 3. The summed E-state index contributed by atoms with van der Waals surface area (Å²) in [4.78, 5) is 15.9. The number of likely N-dealkylation sites (N-methyl/N-ethyl adjacent to an activating group) is 1. The molecule has 0 spiro atoms. The predicted molar refractivity (Wildman–Crippen MR) is 131 cm³/mol. The molecule has 182 valence electrons. The molecule has 1 saturated carbocycles. The van der Waals surface area contributed by atoms with E-state index in [-0.39, 0.29) is 17.1 Å². The monoisotopic (exact) mass is 455 g/mol. The lowest BCUT2D eigenvalue weighted by molar-refractivity contribution is -0.122. The summed E-state index contributed by atoms with van der Waals surface area (Å²) >= 11 is 0. The van der Waals surface area contributed by atoms with Gasteiger partial charge in [0.25, 0.3) is 0 Å². The van der Waals surface area contributed by atoms with Crippen molar-refractivity contribution in [2.45, 2.75) is 89.1 Å². The summed E-state index contributed by atoms with van der Waals surface area (Å²) in [6.07, 6.45) is 11.6. The number of nitrogens with zero attached hydrogens (tertiary/aromatic N) is 1. The third-order valence-electron chi connectivity index (χ3n) is 8.51. The van der Waals surface area contributed by atoms with Crippen LogP contribution >= 0.6 is 0 Å². The van der Waals surface area contributed by atoms with E-state index in [0.29, 0.717) is 30.9 Å². The van der Waals surface area contributed by atoms with Crippen LogP contribution in [0, 0.1) is 5.92 Å². The van der Waals surface area contributed by atoms with E-state index in [9.17, 15) is 4.79 Å². The lowest BCUT2D eigenvalue weighted by atomic mass is 9.55. The van der Waals surface area contributed by atoms with Crippen molar-refractivity contribution < 1.29 is 19.0 Å². The van der Waals surface area contributed by atoms with Crippen LogP contribution in [-0.2, 0) is 21.4 Å². The van der Waals surface area contributed by atoms with Crippen LogP contribution < -0.4 is 9.47 Å². The minimum Gasteiger partial charge on any atom is -0.493 e. The number of carbonyl (C=O) groups excluding carboxylic acids is 1. The Morgan fingerprint density at radius 3 is 2.52 bits per heavy atom. The summed E-state index contributed by atoms with van der Waals surface area (Å²) in [5.41, 5.74) is 2.18. The summed E-state index contributed by atoms with van der Waals surface area (Å²) in [6.45, 7) is 5.06. The van der Waals surface area contributed by atoms with Gasteiger partial charge in [-0.05, 0) is 56.9 Å². The van der Waals surface area contributed by atoms with Crippen LogP contribution in [-0.4, -0.2) is 50.6 Å². The van der Waals surface area contributed by atoms with Crippen LogP contribution in [0.2, 0.25) is 0 Å². The molecule has 3 aliphatic carbocycles. The molecule has 1 aromatic carbocycles. The Bertz CT molecular complexity index is 888. The Balaban J connectivity index is 1.88. The molecule has 1 aromatic rings. The first-order valence-corrected chi connectivity index (χ1v) is 12.8. The van der Waals surface area contributed by atoms with Crippen LogP contribution in [0.5, 0.6) is 11.5 Å². The minimum atomic E-state index is -0.319. The number of Topliss-reactive ketones (excluding diaryl/α,β-unsaturated/α-hetero) is 1. The number of unbranched alkanes of at least 4 members (excludes halogenated alkanes) is 1. The maximum Gasteiger partial charge on any atom is 0.197 e. The van der Waals surface area contributed by atoms with Crippen molar-refractivity contribution in [3.63, 3.8) is 0 Å². The van der Waals surface area contributed by atoms with E-state index in [4.69, 9.17) is 14.2 Å². The molecule has 4 rings (SSSR count). The summed E-state index contributed by atoms with van der Waals surface area (Å²) in [7, 11) is 5.63. The average Bonchev–Trinajstić information content (AvgIpc) is 3.37. The maximum absolute atomic E-state index is 13.2. The van der Waals surface area contributed by atoms with Crippen molar-refractivity contribution in [1.29, 1.82) is 0 Å². The van der Waals surface area contributed by atoms with Gasteiger partial charge in [0.2, 0.25) is 0 Å². The van der Waals surface area contributed by atoms with Crippen molar-refractivity contribution in [2.24, 2.45) is 5.92 Å². The van der Waals surface area contributed by atoms with Gasteiger partial charge in [0.05, 0.1) is 20.8 Å². The molecule has 1 unspecified atom stereocenters. The minimum absolute atomic E-state index is 0.0908. The molecule has 1 fully saturated rings. The fourth-order valence-electron chi connectivity index (χ4n) is 6.64. The number of ether oxygens (including phenoxy) is 3. The zero-order valence-electron chi connectivity index (χ0n) is 21.1. The van der Waals surface area contributed by atoms with Crippen molar-refractivity contribution >= 4 is 5.78 Å². The maximum atomic E-state index is 13.2. The molecule has 3 aliphatic rings. The first-order chi connectivity index (χ1) is 16.0. The number of allylic oxidation sites excluding steroid dienone is 1. The van der Waals surface area contributed by atoms with E-state index in [1.165, 1.54) is 36.8 Å². The molecule has 33 heavy (non-hydrogen) atoms. The standard InChI is InChI=1S/C28H41NO4/c1-6-8-15-33-27-24(31-4)14-13-19-16-22(29(3)20-11-9-10-12-20)21-17-25(32-5)23(30)18-28(21,7-2)26(19)27/h13-14,17,20-22H,6-12,15-16,18H2,1-5H3/t21?,22-,28+/m0/s1. The van der Waals surface area contributed by atoms with Gasteiger partial charge in [-0.1, -0.05) is 39.2 Å². The van der Waals surface area contributed by atoms with Gasteiger partial charge in [0.15, 0.2) is 23.0 Å². The van der Waals surface area contributed by atoms with Crippen molar-refractivity contribution in [3.8, 4) is 11.5 Å². The van der Waals surface area contributed by atoms with Gasteiger partial charge in [-0.15, -0.1) is 0 Å². The molecule has 3 atom stereocenters. The Hall–Kier alpha value is -2.01. The van der Waals surface area contributed by atoms with E-state index < -0.39 is 0 Å². The number of rotatable bonds is 9. The van der Waals surface area contributed by atoms with E-state index in [1.54, 1.807) is 14.2 Å². The fraction of sp³-hybridized carbons (Fsp3) is 0.679. The predicted octanol–water partition coefficient (Wildman–Crippen LogP) is 5.44. The summed E-state index contributed by atoms with van der Waals surface area (Å²) in [6, 6.07) is 5.21. The van der Waals surface area contributed by atoms with Crippen LogP contribution in [0.15, 0.2) is 24.0 Å². The van der Waals surface area contributed by atoms with E-state index in [2.05, 4.69) is 44.0 Å². The highest BCUT2D eigenvalue weighted by Crippen LogP contribution is 2.56. The van der Waals surface area contributed by atoms with Gasteiger partial charge >= 0.3 is 0 Å². The third kappa shape index (κ3) is 4.18. The number of benzene rings is 1. The molecular weight excluding hydrogens is 414 g/mol. The first kappa shape index (κ1) is 24.1. The highest BCUT2D eigenvalue weighted by molar-refractivity contribution is 5.96. The molecule has 0 amide bonds. The quantitative estimate of drug-likeness (QED) is 0.464. The van der Waals surface area contributed by atoms with Gasteiger partial charge in [-0.25, -0.2) is 0 Å². The summed E-state index contributed by atoms with van der Waals surface area (Å²) in [5.74, 6) is 2.42. The second-order valence-electron chi connectivity index (χ2n) is 10.1. The number of hydrogen-bond donors (Lipinski definition) is 0. The first-order valence-electron chi connectivity index (χ1n) is 12.8. The second-order valence-corrected chi connectivity index (χ2v) is 10.1. The Morgan fingerprint density at radius 2 is 1.88 bits per heavy atom. The number of ketones is 1. The summed E-state index contributed by atoms with van der Waals surface area (Å²) < 4.78 is 17.8. The number of carbonyl (C=O) groups is 1. The molecule has 0 bridgehead atoms. The number of hydrogen-bond acceptors (Lipinski definition) is 5. The van der Waals surface area contributed by atoms with Gasteiger partial charge in [-0.2, -0.15) is 0 Å². The lowest BCUT2D eigenvalue weighted by Crippen LogP contribution is -2.56. The molecule has 0 heterocycles. The second kappa shape index (κ2) is 10.1. The Labute approximate surface area is 199 Å². The van der Waals surface area contributed by atoms with Crippen LogP contribution in [0.1, 0.15) is 76.3 Å².